The average molecular weight is 791 g/mol. The van der Waals surface area contributed by atoms with Crippen LogP contribution in [0.2, 0.25) is 0 Å². The number of esters is 2. The third-order valence-corrected chi connectivity index (χ3v) is 12.9. The van der Waals surface area contributed by atoms with Crippen molar-refractivity contribution in [3.05, 3.63) is 0 Å². The number of carbonyl (C=O) groups is 2. The normalized spacial score (nSPS) is 14.1. The lowest BCUT2D eigenvalue weighted by Gasteiger charge is -2.33. The minimum atomic E-state index is 0.0180. The van der Waals surface area contributed by atoms with Crippen LogP contribution in [-0.2, 0) is 19.1 Å². The number of ether oxygens (including phenoxy) is 2. The summed E-state index contributed by atoms with van der Waals surface area (Å²) in [6.07, 6.45) is 40.0. The zero-order valence-electron chi connectivity index (χ0n) is 38.5. The first-order chi connectivity index (χ1) is 27.4. The summed E-state index contributed by atoms with van der Waals surface area (Å²) in [7, 11) is 2.24. The van der Waals surface area contributed by atoms with Gasteiger partial charge in [-0.15, -0.1) is 0 Å². The monoisotopic (exact) mass is 791 g/mol. The van der Waals surface area contributed by atoms with E-state index in [-0.39, 0.29) is 11.9 Å². The van der Waals surface area contributed by atoms with Crippen LogP contribution in [0.25, 0.3) is 0 Å². The molecule has 1 saturated heterocycles. The summed E-state index contributed by atoms with van der Waals surface area (Å²) >= 11 is 0. The van der Waals surface area contributed by atoms with Gasteiger partial charge in [0, 0.05) is 39.0 Å². The van der Waals surface area contributed by atoms with Crippen molar-refractivity contribution in [1.29, 1.82) is 0 Å². The molecule has 0 aliphatic carbocycles. The molecule has 0 saturated carbocycles. The second-order valence-electron chi connectivity index (χ2n) is 18.1. The molecule has 1 heterocycles. The molecule has 0 atom stereocenters. The number of hydrogen-bond acceptors (Lipinski definition) is 6. The standard InChI is InChI=1S/C50H98N2O4/c1-6-10-20-28-47(29-21-11-7-2)37-44-55-49(53)34-26-18-14-16-24-32-46(36-39-52-42-40-51(5)41-43-52)33-25-17-15-19-27-35-50(54)56-45-38-48(30-22-12-8-3)31-23-13-9-4/h46-48H,6-45H2,1-5H3. The summed E-state index contributed by atoms with van der Waals surface area (Å²) in [5.41, 5.74) is 0. The highest BCUT2D eigenvalue weighted by molar-refractivity contribution is 5.69. The van der Waals surface area contributed by atoms with Gasteiger partial charge in [0.15, 0.2) is 0 Å². The van der Waals surface area contributed by atoms with Gasteiger partial charge in [-0.25, -0.2) is 0 Å². The molecule has 0 radical (unpaired) electrons. The number of nitrogens with zero attached hydrogens (tertiary/aromatic N) is 2. The van der Waals surface area contributed by atoms with E-state index in [2.05, 4.69) is 44.5 Å². The van der Waals surface area contributed by atoms with Crippen LogP contribution in [0.4, 0.5) is 0 Å². The molecule has 0 aromatic heterocycles. The molecule has 1 fully saturated rings. The summed E-state index contributed by atoms with van der Waals surface area (Å²) < 4.78 is 11.4. The fourth-order valence-corrected chi connectivity index (χ4v) is 8.76. The Morgan fingerprint density at radius 2 is 0.732 bits per heavy atom. The van der Waals surface area contributed by atoms with Gasteiger partial charge in [-0.05, 0) is 63.5 Å². The fraction of sp³-hybridized carbons (Fsp3) is 0.960. The number of hydrogen-bond donors (Lipinski definition) is 0. The molecule has 0 N–H and O–H groups in total. The second-order valence-corrected chi connectivity index (χ2v) is 18.1. The predicted molar refractivity (Wildman–Crippen MR) is 241 cm³/mol. The Kier molecular flexibility index (Phi) is 37.1. The zero-order chi connectivity index (χ0) is 40.7. The maximum Gasteiger partial charge on any atom is 0.305 e. The minimum Gasteiger partial charge on any atom is -0.466 e. The molecule has 0 spiro atoms. The molecule has 0 bridgehead atoms. The van der Waals surface area contributed by atoms with E-state index in [0.29, 0.717) is 26.1 Å². The van der Waals surface area contributed by atoms with Crippen molar-refractivity contribution in [2.45, 2.75) is 240 Å². The predicted octanol–water partition coefficient (Wildman–Crippen LogP) is 14.1. The Labute approximate surface area is 350 Å². The first-order valence-electron chi connectivity index (χ1n) is 25.1. The lowest BCUT2D eigenvalue weighted by molar-refractivity contribution is -0.145. The lowest BCUT2D eigenvalue weighted by atomic mass is 9.91. The number of piperazine rings is 1. The quantitative estimate of drug-likeness (QED) is 0.0454. The molecule has 1 aliphatic rings. The molecule has 0 aromatic carbocycles. The summed E-state index contributed by atoms with van der Waals surface area (Å²) in [6.45, 7) is 16.4. The van der Waals surface area contributed by atoms with Gasteiger partial charge in [0.25, 0.3) is 0 Å². The Morgan fingerprint density at radius 1 is 0.411 bits per heavy atom. The molecule has 1 rings (SSSR count). The van der Waals surface area contributed by atoms with Crippen molar-refractivity contribution >= 4 is 11.9 Å². The van der Waals surface area contributed by atoms with Crippen LogP contribution in [0.1, 0.15) is 240 Å². The van der Waals surface area contributed by atoms with E-state index in [9.17, 15) is 9.59 Å². The zero-order valence-corrected chi connectivity index (χ0v) is 38.5. The minimum absolute atomic E-state index is 0.0180. The summed E-state index contributed by atoms with van der Waals surface area (Å²) in [5.74, 6) is 2.30. The van der Waals surface area contributed by atoms with Gasteiger partial charge >= 0.3 is 11.9 Å². The van der Waals surface area contributed by atoms with Gasteiger partial charge in [-0.2, -0.15) is 0 Å². The number of likely N-dealkylation sites (N-methyl/N-ethyl adjacent to an activating group) is 1. The number of unbranched alkanes of at least 4 members (excludes halogenated alkanes) is 16. The topological polar surface area (TPSA) is 59.1 Å². The fourth-order valence-electron chi connectivity index (χ4n) is 8.76. The SMILES string of the molecule is CCCCCC(CCCCC)CCOC(=O)CCCCCCCC(CCCCCCCC(=O)OCCC(CCCCC)CCCCC)CCN1CCN(C)CC1. The Bertz CT molecular complexity index is 784. The van der Waals surface area contributed by atoms with Crippen LogP contribution >= 0.6 is 0 Å². The van der Waals surface area contributed by atoms with Gasteiger partial charge in [0.2, 0.25) is 0 Å². The van der Waals surface area contributed by atoms with Crippen LogP contribution < -0.4 is 0 Å². The first kappa shape index (κ1) is 52.9. The summed E-state index contributed by atoms with van der Waals surface area (Å²) in [4.78, 5) is 30.0. The first-order valence-corrected chi connectivity index (χ1v) is 25.1. The molecular weight excluding hydrogens is 693 g/mol. The molecular formula is C50H98N2O4. The van der Waals surface area contributed by atoms with E-state index < -0.39 is 0 Å². The molecule has 6 nitrogen and oxygen atoms in total. The van der Waals surface area contributed by atoms with Crippen LogP contribution in [0.5, 0.6) is 0 Å². The highest BCUT2D eigenvalue weighted by atomic mass is 16.5. The smallest absolute Gasteiger partial charge is 0.305 e. The maximum absolute atomic E-state index is 12.4. The average Bonchev–Trinajstić information content (AvgIpc) is 3.19. The molecule has 0 aromatic rings. The Balaban J connectivity index is 2.25. The summed E-state index contributed by atoms with van der Waals surface area (Å²) in [5, 5.41) is 0. The Hall–Kier alpha value is -1.14. The summed E-state index contributed by atoms with van der Waals surface area (Å²) in [6, 6.07) is 0. The van der Waals surface area contributed by atoms with E-state index >= 15 is 0 Å². The second kappa shape index (κ2) is 39.3. The van der Waals surface area contributed by atoms with E-state index in [4.69, 9.17) is 9.47 Å². The molecule has 6 heteroatoms. The maximum atomic E-state index is 12.4. The van der Waals surface area contributed by atoms with Gasteiger partial charge in [-0.1, -0.05) is 195 Å². The van der Waals surface area contributed by atoms with Gasteiger partial charge in [0.05, 0.1) is 13.2 Å². The molecule has 1 aliphatic heterocycles. The molecule has 0 amide bonds. The van der Waals surface area contributed by atoms with E-state index in [1.165, 1.54) is 193 Å². The van der Waals surface area contributed by atoms with Gasteiger partial charge in [-0.3, -0.25) is 9.59 Å². The van der Waals surface area contributed by atoms with Crippen LogP contribution in [0, 0.1) is 17.8 Å². The van der Waals surface area contributed by atoms with Crippen LogP contribution in [0.15, 0.2) is 0 Å². The highest BCUT2D eigenvalue weighted by Gasteiger charge is 2.17. The molecule has 0 unspecified atom stereocenters. The van der Waals surface area contributed by atoms with Gasteiger partial charge < -0.3 is 19.3 Å². The lowest BCUT2D eigenvalue weighted by Crippen LogP contribution is -2.44. The van der Waals surface area contributed by atoms with E-state index in [1.54, 1.807) is 0 Å². The van der Waals surface area contributed by atoms with Gasteiger partial charge in [0.1, 0.15) is 0 Å². The molecule has 332 valence electrons. The van der Waals surface area contributed by atoms with Crippen molar-refractivity contribution in [1.82, 2.24) is 9.80 Å². The van der Waals surface area contributed by atoms with Crippen molar-refractivity contribution in [3.63, 3.8) is 0 Å². The van der Waals surface area contributed by atoms with E-state index in [0.717, 1.165) is 56.3 Å². The highest BCUT2D eigenvalue weighted by Crippen LogP contribution is 2.25. The van der Waals surface area contributed by atoms with Crippen LogP contribution in [-0.4, -0.2) is 74.7 Å². The number of rotatable bonds is 41. The largest absolute Gasteiger partial charge is 0.466 e. The molecule has 56 heavy (non-hydrogen) atoms. The van der Waals surface area contributed by atoms with Crippen molar-refractivity contribution in [2.24, 2.45) is 17.8 Å². The van der Waals surface area contributed by atoms with E-state index in [1.807, 2.05) is 0 Å². The third-order valence-electron chi connectivity index (χ3n) is 12.9. The van der Waals surface area contributed by atoms with Crippen molar-refractivity contribution in [2.75, 3.05) is 53.0 Å². The Morgan fingerprint density at radius 3 is 1.11 bits per heavy atom. The van der Waals surface area contributed by atoms with Crippen molar-refractivity contribution in [3.8, 4) is 0 Å². The van der Waals surface area contributed by atoms with Crippen LogP contribution in [0.3, 0.4) is 0 Å². The van der Waals surface area contributed by atoms with Crippen molar-refractivity contribution < 1.29 is 19.1 Å². The number of carbonyl (C=O) groups excluding carboxylic acids is 2. The third kappa shape index (κ3) is 32.8.